The molecule has 1 heterocycles. The van der Waals surface area contributed by atoms with Gasteiger partial charge in [-0.25, -0.2) is 0 Å². The summed E-state index contributed by atoms with van der Waals surface area (Å²) in [7, 11) is -2.53. The van der Waals surface area contributed by atoms with E-state index in [9.17, 15) is 0 Å². The Kier molecular flexibility index (Phi) is 5.24. The molecule has 3 aromatic rings. The Balaban J connectivity index is 1.77. The van der Waals surface area contributed by atoms with E-state index in [0.717, 1.165) is 17.6 Å². The van der Waals surface area contributed by atoms with E-state index >= 15 is 0 Å². The van der Waals surface area contributed by atoms with Gasteiger partial charge in [0.25, 0.3) is 8.32 Å². The van der Waals surface area contributed by atoms with Crippen molar-refractivity contribution in [1.82, 2.24) is 10.2 Å². The maximum atomic E-state index is 7.11. The fraction of sp³-hybridized carbons (Fsp3) is 0.280. The summed E-state index contributed by atoms with van der Waals surface area (Å²) in [4.78, 5) is 0. The van der Waals surface area contributed by atoms with Crippen molar-refractivity contribution in [2.24, 2.45) is 0 Å². The highest BCUT2D eigenvalue weighted by molar-refractivity contribution is 6.99. The van der Waals surface area contributed by atoms with Crippen molar-refractivity contribution in [3.8, 4) is 0 Å². The maximum absolute atomic E-state index is 7.11. The van der Waals surface area contributed by atoms with E-state index in [1.807, 2.05) is 12.4 Å². The van der Waals surface area contributed by atoms with Gasteiger partial charge in [0.05, 0.1) is 12.4 Å². The molecule has 2 aromatic carbocycles. The van der Waals surface area contributed by atoms with Crippen LogP contribution < -0.4 is 10.4 Å². The molecule has 0 aliphatic heterocycles. The van der Waals surface area contributed by atoms with Crippen LogP contribution in [0.2, 0.25) is 5.04 Å². The van der Waals surface area contributed by atoms with E-state index in [-0.39, 0.29) is 11.0 Å². The zero-order valence-electron chi connectivity index (χ0n) is 17.4. The van der Waals surface area contributed by atoms with Crippen LogP contribution in [0.5, 0.6) is 0 Å². The van der Waals surface area contributed by atoms with Crippen molar-refractivity contribution in [1.29, 1.82) is 0 Å². The lowest BCUT2D eigenvalue weighted by molar-refractivity contribution is 0.274. The van der Waals surface area contributed by atoms with Crippen LogP contribution in [0.15, 0.2) is 79.6 Å². The summed E-state index contributed by atoms with van der Waals surface area (Å²) in [6.07, 6.45) is 4.62. The Bertz CT molecular complexity index is 957. The zero-order valence-corrected chi connectivity index (χ0v) is 18.4. The summed E-state index contributed by atoms with van der Waals surface area (Å²) >= 11 is 0. The molecule has 1 aliphatic carbocycles. The summed E-state index contributed by atoms with van der Waals surface area (Å²) in [5.74, 6) is 0.273. The third-order valence-corrected chi connectivity index (χ3v) is 11.0. The minimum atomic E-state index is -2.53. The molecule has 3 nitrogen and oxygen atoms in total. The first-order chi connectivity index (χ1) is 13.9. The number of fused-ring (bicyclic) bond motifs is 1. The van der Waals surface area contributed by atoms with Crippen LogP contribution in [0.4, 0.5) is 0 Å². The number of nitrogens with zero attached hydrogens (tertiary/aromatic N) is 2. The molecule has 0 saturated heterocycles. The largest absolute Gasteiger partial charge is 0.407 e. The second kappa shape index (κ2) is 7.69. The highest BCUT2D eigenvalue weighted by atomic mass is 28.4. The molecule has 4 heteroatoms. The molecule has 0 N–H and O–H groups in total. The van der Waals surface area contributed by atoms with Crippen LogP contribution in [-0.4, -0.2) is 25.1 Å². The lowest BCUT2D eigenvalue weighted by atomic mass is 10.1. The van der Waals surface area contributed by atoms with Crippen molar-refractivity contribution >= 4 is 24.3 Å². The molecule has 0 spiro atoms. The minimum Gasteiger partial charge on any atom is -0.407 e. The Hall–Kier alpha value is -2.56. The van der Waals surface area contributed by atoms with E-state index < -0.39 is 8.32 Å². The van der Waals surface area contributed by atoms with Crippen LogP contribution in [0, 0.1) is 0 Å². The van der Waals surface area contributed by atoms with Crippen molar-refractivity contribution in [2.45, 2.75) is 38.1 Å². The monoisotopic (exact) mass is 400 g/mol. The van der Waals surface area contributed by atoms with Crippen molar-refractivity contribution in [3.63, 3.8) is 0 Å². The fourth-order valence-electron chi connectivity index (χ4n) is 4.60. The molecular formula is C25H28N2OSi. The van der Waals surface area contributed by atoms with Gasteiger partial charge in [-0.1, -0.05) is 88.0 Å². The van der Waals surface area contributed by atoms with Crippen LogP contribution in [0.3, 0.4) is 0 Å². The van der Waals surface area contributed by atoms with Gasteiger partial charge in [0.2, 0.25) is 0 Å². The normalized spacial score (nSPS) is 16.7. The number of hydrogen-bond donors (Lipinski definition) is 0. The summed E-state index contributed by atoms with van der Waals surface area (Å²) < 4.78 is 7.11. The number of allylic oxidation sites excluding steroid dienone is 1. The van der Waals surface area contributed by atoms with Gasteiger partial charge >= 0.3 is 0 Å². The number of rotatable bonds is 5. The van der Waals surface area contributed by atoms with Gasteiger partial charge in [0.15, 0.2) is 0 Å². The first kappa shape index (κ1) is 19.7. The molecule has 0 radical (unpaired) electrons. The fourth-order valence-corrected chi connectivity index (χ4v) is 9.21. The molecule has 0 unspecified atom stereocenters. The molecule has 0 fully saturated rings. The van der Waals surface area contributed by atoms with Crippen LogP contribution in [-0.2, 0) is 4.43 Å². The molecule has 148 valence electrons. The summed E-state index contributed by atoms with van der Waals surface area (Å²) in [6, 6.07) is 21.6. The van der Waals surface area contributed by atoms with Crippen molar-refractivity contribution in [3.05, 3.63) is 90.8 Å². The predicted octanol–water partition coefficient (Wildman–Crippen LogP) is 4.55. The lowest BCUT2D eigenvalue weighted by Gasteiger charge is -2.43. The standard InChI is InChI=1S/C25H28N2OSi/c1-19-15-20(24-17-27-26-16-23(19)24)18-28-29(25(2,3)4,21-11-7-5-8-12-21)22-13-9-6-10-14-22/h5-14,16-17,20H,1,15,18H2,2-4H3/t20-/m1/s1. The maximum Gasteiger partial charge on any atom is 0.261 e. The average molecular weight is 401 g/mol. The third-order valence-electron chi connectivity index (χ3n) is 5.99. The summed E-state index contributed by atoms with van der Waals surface area (Å²) in [5, 5.41) is 10.8. The lowest BCUT2D eigenvalue weighted by Crippen LogP contribution is -2.66. The number of hydrogen-bond acceptors (Lipinski definition) is 3. The predicted molar refractivity (Wildman–Crippen MR) is 122 cm³/mol. The van der Waals surface area contributed by atoms with Gasteiger partial charge in [-0.2, -0.15) is 10.2 Å². The average Bonchev–Trinajstić information content (AvgIpc) is 3.05. The molecule has 1 aliphatic rings. The number of aromatic nitrogens is 2. The Morgan fingerprint density at radius 1 is 0.931 bits per heavy atom. The third kappa shape index (κ3) is 3.47. The van der Waals surface area contributed by atoms with Gasteiger partial charge in [-0.15, -0.1) is 0 Å². The quantitative estimate of drug-likeness (QED) is 0.589. The molecule has 0 bridgehead atoms. The Labute approximate surface area is 174 Å². The Morgan fingerprint density at radius 3 is 2.03 bits per heavy atom. The molecule has 0 amide bonds. The molecule has 0 saturated carbocycles. The summed E-state index contributed by atoms with van der Waals surface area (Å²) in [5.41, 5.74) is 3.48. The molecule has 1 atom stereocenters. The minimum absolute atomic E-state index is 0.0232. The van der Waals surface area contributed by atoms with E-state index in [1.54, 1.807) is 0 Å². The van der Waals surface area contributed by atoms with E-state index in [4.69, 9.17) is 4.43 Å². The van der Waals surface area contributed by atoms with E-state index in [1.165, 1.54) is 15.9 Å². The molecule has 4 rings (SSSR count). The smallest absolute Gasteiger partial charge is 0.261 e. The van der Waals surface area contributed by atoms with Crippen LogP contribution in [0.25, 0.3) is 5.57 Å². The van der Waals surface area contributed by atoms with Gasteiger partial charge in [0, 0.05) is 18.1 Å². The van der Waals surface area contributed by atoms with E-state index in [0.29, 0.717) is 6.61 Å². The first-order valence-corrected chi connectivity index (χ1v) is 12.1. The van der Waals surface area contributed by atoms with Crippen molar-refractivity contribution in [2.75, 3.05) is 6.61 Å². The summed E-state index contributed by atoms with van der Waals surface area (Å²) in [6.45, 7) is 11.8. The molecule has 29 heavy (non-hydrogen) atoms. The highest BCUT2D eigenvalue weighted by Gasteiger charge is 2.50. The second-order valence-electron chi connectivity index (χ2n) is 8.84. The van der Waals surface area contributed by atoms with Crippen molar-refractivity contribution < 1.29 is 4.43 Å². The SMILES string of the molecule is C=C1C[C@H](CO[Si](c2ccccc2)(c2ccccc2)C(C)(C)C)c2cnncc21. The topological polar surface area (TPSA) is 35.0 Å². The molecule has 1 aromatic heterocycles. The Morgan fingerprint density at radius 2 is 1.48 bits per heavy atom. The molecular weight excluding hydrogens is 372 g/mol. The van der Waals surface area contributed by atoms with Gasteiger partial charge < -0.3 is 4.43 Å². The first-order valence-electron chi connectivity index (χ1n) is 10.2. The van der Waals surface area contributed by atoms with Gasteiger partial charge in [0.1, 0.15) is 0 Å². The van der Waals surface area contributed by atoms with Crippen LogP contribution >= 0.6 is 0 Å². The number of benzene rings is 2. The zero-order chi connectivity index (χ0) is 20.5. The van der Waals surface area contributed by atoms with Gasteiger partial charge in [-0.05, 0) is 33.0 Å². The van der Waals surface area contributed by atoms with Crippen LogP contribution in [0.1, 0.15) is 44.2 Å². The van der Waals surface area contributed by atoms with Gasteiger partial charge in [-0.3, -0.25) is 0 Å². The second-order valence-corrected chi connectivity index (χ2v) is 13.1. The highest BCUT2D eigenvalue weighted by Crippen LogP contribution is 2.42. The van der Waals surface area contributed by atoms with E-state index in [2.05, 4.69) is 98.2 Å².